The molecule has 0 saturated carbocycles. The number of aliphatic hydroxyl groups is 1. The Morgan fingerprint density at radius 1 is 0.974 bits per heavy atom. The maximum Gasteiger partial charge on any atom is 0.274 e. The summed E-state index contributed by atoms with van der Waals surface area (Å²) in [7, 11) is 0. The molecule has 3 aliphatic rings. The molecule has 2 aliphatic heterocycles. The smallest absolute Gasteiger partial charge is 0.274 e. The van der Waals surface area contributed by atoms with Crippen molar-refractivity contribution in [2.75, 3.05) is 57.3 Å². The Labute approximate surface area is 223 Å². The van der Waals surface area contributed by atoms with Gasteiger partial charge in [-0.1, -0.05) is 12.1 Å². The number of aliphatic hydroxyl groups excluding tert-OH is 1. The first-order valence-corrected chi connectivity index (χ1v) is 13.7. The molecule has 1 unspecified atom stereocenters. The van der Waals surface area contributed by atoms with Gasteiger partial charge in [-0.05, 0) is 57.2 Å². The van der Waals surface area contributed by atoms with E-state index in [1.165, 1.54) is 16.8 Å². The summed E-state index contributed by atoms with van der Waals surface area (Å²) >= 11 is 0. The van der Waals surface area contributed by atoms with E-state index in [-0.39, 0.29) is 30.3 Å². The van der Waals surface area contributed by atoms with Gasteiger partial charge in [-0.25, -0.2) is 0 Å². The number of carbonyl (C=O) groups excluding carboxylic acids is 3. The molecule has 2 fully saturated rings. The Bertz CT molecular complexity index is 1230. The number of benzene rings is 1. The minimum Gasteiger partial charge on any atom is -0.387 e. The summed E-state index contributed by atoms with van der Waals surface area (Å²) in [6, 6.07) is 6.18. The van der Waals surface area contributed by atoms with E-state index in [0.29, 0.717) is 38.4 Å². The van der Waals surface area contributed by atoms with E-state index in [0.717, 1.165) is 43.6 Å². The van der Waals surface area contributed by atoms with Crippen molar-refractivity contribution in [2.45, 2.75) is 52.6 Å². The fraction of sp³-hybridized carbons (Fsp3) is 0.571. The number of aryl methyl sites for hydroxylation is 1. The topological polar surface area (TPSA) is 102 Å². The summed E-state index contributed by atoms with van der Waals surface area (Å²) in [4.78, 5) is 46.3. The van der Waals surface area contributed by atoms with Gasteiger partial charge >= 0.3 is 0 Å². The van der Waals surface area contributed by atoms with Crippen LogP contribution in [0.1, 0.15) is 46.2 Å². The van der Waals surface area contributed by atoms with E-state index in [4.69, 9.17) is 0 Å². The van der Waals surface area contributed by atoms with Crippen LogP contribution in [-0.4, -0.2) is 106 Å². The largest absolute Gasteiger partial charge is 0.387 e. The van der Waals surface area contributed by atoms with Gasteiger partial charge in [0, 0.05) is 68.8 Å². The van der Waals surface area contributed by atoms with Crippen molar-refractivity contribution in [1.29, 1.82) is 0 Å². The number of amides is 3. The molecule has 1 atom stereocenters. The molecule has 204 valence electrons. The molecule has 1 aromatic heterocycles. The summed E-state index contributed by atoms with van der Waals surface area (Å²) in [6.07, 6.45) is 2.56. The lowest BCUT2D eigenvalue weighted by Crippen LogP contribution is -2.56. The normalized spacial score (nSPS) is 19.6. The van der Waals surface area contributed by atoms with Crippen molar-refractivity contribution in [3.8, 4) is 0 Å². The van der Waals surface area contributed by atoms with Crippen LogP contribution in [0.5, 0.6) is 0 Å². The molecule has 10 heteroatoms. The highest BCUT2D eigenvalue weighted by atomic mass is 16.3. The fourth-order valence-electron chi connectivity index (χ4n) is 6.07. The molecule has 0 bridgehead atoms. The Balaban J connectivity index is 1.24. The number of piperazine rings is 2. The van der Waals surface area contributed by atoms with Crippen LogP contribution in [0.4, 0.5) is 5.69 Å². The third-order valence-electron chi connectivity index (χ3n) is 8.41. The van der Waals surface area contributed by atoms with E-state index < -0.39 is 6.61 Å². The SMILES string of the molecule is Cc1cccc(N2CCN(C(=O)Cn3nc(C(=O)N4CCN(C(=O)CO)C(C)C4)c4c3CCC4)CC2)c1C. The molecule has 3 heterocycles. The van der Waals surface area contributed by atoms with E-state index in [9.17, 15) is 19.5 Å². The predicted molar refractivity (Wildman–Crippen MR) is 143 cm³/mol. The van der Waals surface area contributed by atoms with E-state index in [1.54, 1.807) is 14.5 Å². The second-order valence-electron chi connectivity index (χ2n) is 10.7. The number of hydrogen-bond donors (Lipinski definition) is 1. The lowest BCUT2D eigenvalue weighted by atomic mass is 10.1. The van der Waals surface area contributed by atoms with Crippen LogP contribution in [0.2, 0.25) is 0 Å². The molecule has 1 aliphatic carbocycles. The first-order valence-electron chi connectivity index (χ1n) is 13.7. The zero-order chi connectivity index (χ0) is 27.0. The molecule has 10 nitrogen and oxygen atoms in total. The maximum absolute atomic E-state index is 13.5. The van der Waals surface area contributed by atoms with Gasteiger partial charge < -0.3 is 24.7 Å². The van der Waals surface area contributed by atoms with Gasteiger partial charge in [0.1, 0.15) is 13.2 Å². The summed E-state index contributed by atoms with van der Waals surface area (Å²) < 4.78 is 1.75. The van der Waals surface area contributed by atoms with Crippen molar-refractivity contribution >= 4 is 23.4 Å². The molecule has 2 saturated heterocycles. The molecule has 0 spiro atoms. The number of anilines is 1. The minimum atomic E-state index is -0.523. The minimum absolute atomic E-state index is 0.0339. The van der Waals surface area contributed by atoms with E-state index in [1.807, 2.05) is 11.8 Å². The van der Waals surface area contributed by atoms with Gasteiger partial charge in [0.15, 0.2) is 5.69 Å². The standard InChI is InChI=1S/C28H38N6O4/c1-19-6-4-8-23(21(19)3)30-10-12-31(13-11-30)25(36)17-34-24-9-5-7-22(24)27(29-34)28(38)32-14-15-33(20(2)16-32)26(37)18-35/h4,6,8,20,35H,5,7,9-18H2,1-3H3. The maximum atomic E-state index is 13.5. The quantitative estimate of drug-likeness (QED) is 0.629. The second-order valence-corrected chi connectivity index (χ2v) is 10.7. The Morgan fingerprint density at radius 3 is 2.42 bits per heavy atom. The van der Waals surface area contributed by atoms with Crippen LogP contribution in [0.15, 0.2) is 18.2 Å². The van der Waals surface area contributed by atoms with Crippen LogP contribution < -0.4 is 4.90 Å². The Kier molecular flexibility index (Phi) is 7.43. The monoisotopic (exact) mass is 522 g/mol. The molecule has 1 N–H and O–H groups in total. The van der Waals surface area contributed by atoms with Crippen molar-refractivity contribution in [2.24, 2.45) is 0 Å². The third kappa shape index (κ3) is 4.89. The molecule has 5 rings (SSSR count). The van der Waals surface area contributed by atoms with Crippen LogP contribution in [0.3, 0.4) is 0 Å². The van der Waals surface area contributed by atoms with Crippen LogP contribution in [0.25, 0.3) is 0 Å². The first-order chi connectivity index (χ1) is 18.3. The summed E-state index contributed by atoms with van der Waals surface area (Å²) in [6.45, 7) is 9.88. The number of rotatable bonds is 5. The zero-order valence-corrected chi connectivity index (χ0v) is 22.6. The van der Waals surface area contributed by atoms with Crippen molar-refractivity contribution in [3.63, 3.8) is 0 Å². The van der Waals surface area contributed by atoms with Crippen molar-refractivity contribution < 1.29 is 19.5 Å². The molecule has 3 amide bonds. The second kappa shape index (κ2) is 10.8. The molecular formula is C28H38N6O4. The van der Waals surface area contributed by atoms with E-state index in [2.05, 4.69) is 42.0 Å². The average Bonchev–Trinajstić information content (AvgIpc) is 3.53. The van der Waals surface area contributed by atoms with E-state index >= 15 is 0 Å². The van der Waals surface area contributed by atoms with Crippen LogP contribution in [0, 0.1) is 13.8 Å². The van der Waals surface area contributed by atoms with Gasteiger partial charge in [-0.3, -0.25) is 19.1 Å². The lowest BCUT2D eigenvalue weighted by Gasteiger charge is -2.39. The van der Waals surface area contributed by atoms with Crippen molar-refractivity contribution in [3.05, 3.63) is 46.3 Å². The fourth-order valence-corrected chi connectivity index (χ4v) is 6.07. The van der Waals surface area contributed by atoms with Crippen molar-refractivity contribution in [1.82, 2.24) is 24.5 Å². The number of carbonyl (C=O) groups is 3. The van der Waals surface area contributed by atoms with Gasteiger partial charge in [0.05, 0.1) is 0 Å². The highest BCUT2D eigenvalue weighted by Gasteiger charge is 2.34. The summed E-state index contributed by atoms with van der Waals surface area (Å²) in [5.41, 5.74) is 6.20. The Hall–Kier alpha value is -3.40. The first kappa shape index (κ1) is 26.2. The number of nitrogens with zero attached hydrogens (tertiary/aromatic N) is 6. The van der Waals surface area contributed by atoms with Crippen LogP contribution in [-0.2, 0) is 29.0 Å². The third-order valence-corrected chi connectivity index (χ3v) is 8.41. The summed E-state index contributed by atoms with van der Waals surface area (Å²) in [5, 5.41) is 13.9. The number of aromatic nitrogens is 2. The van der Waals surface area contributed by atoms with Gasteiger partial charge in [0.25, 0.3) is 5.91 Å². The van der Waals surface area contributed by atoms with Gasteiger partial charge in [-0.2, -0.15) is 5.10 Å². The van der Waals surface area contributed by atoms with Gasteiger partial charge in [0.2, 0.25) is 11.8 Å². The predicted octanol–water partition coefficient (Wildman–Crippen LogP) is 1.00. The molecule has 1 aromatic carbocycles. The van der Waals surface area contributed by atoms with Crippen LogP contribution >= 0.6 is 0 Å². The highest BCUT2D eigenvalue weighted by molar-refractivity contribution is 5.94. The van der Waals surface area contributed by atoms with Gasteiger partial charge in [-0.15, -0.1) is 0 Å². The zero-order valence-electron chi connectivity index (χ0n) is 22.6. The molecule has 38 heavy (non-hydrogen) atoms. The Morgan fingerprint density at radius 2 is 1.71 bits per heavy atom. The average molecular weight is 523 g/mol. The molecule has 0 radical (unpaired) electrons. The number of hydrogen-bond acceptors (Lipinski definition) is 6. The lowest BCUT2D eigenvalue weighted by molar-refractivity contribution is -0.138. The molecule has 2 aromatic rings. The summed E-state index contributed by atoms with van der Waals surface area (Å²) in [5.74, 6) is -0.422. The molecular weight excluding hydrogens is 484 g/mol. The highest BCUT2D eigenvalue weighted by Crippen LogP contribution is 2.28. The number of fused-ring (bicyclic) bond motifs is 1.